The Bertz CT molecular complexity index is 789. The molecule has 1 spiro atoms. The first kappa shape index (κ1) is 16.2. The van der Waals surface area contributed by atoms with E-state index in [0.29, 0.717) is 0 Å². The molecule has 2 heterocycles. The summed E-state index contributed by atoms with van der Waals surface area (Å²) in [5.74, 6) is 1.08. The summed E-state index contributed by atoms with van der Waals surface area (Å²) in [4.78, 5) is 5.07. The number of amidine groups is 1. The minimum atomic E-state index is -0.0902. The number of piperidine rings is 1. The number of aliphatic imine (C=N–C) groups is 1. The molecule has 0 radical (unpaired) electrons. The molecule has 0 bridgehead atoms. The molecule has 0 saturated carbocycles. The van der Waals surface area contributed by atoms with E-state index in [1.54, 1.807) is 0 Å². The van der Waals surface area contributed by atoms with E-state index in [0.717, 1.165) is 44.0 Å². The normalized spacial score (nSPS) is 18.2. The minimum Gasteiger partial charge on any atom is -0.371 e. The summed E-state index contributed by atoms with van der Waals surface area (Å²) in [7, 11) is 0. The van der Waals surface area contributed by atoms with E-state index in [1.807, 2.05) is 0 Å². The van der Waals surface area contributed by atoms with Crippen molar-refractivity contribution in [2.75, 3.05) is 18.4 Å². The molecule has 0 aromatic heterocycles. The van der Waals surface area contributed by atoms with Crippen LogP contribution in [-0.2, 0) is 6.54 Å². The number of benzene rings is 2. The van der Waals surface area contributed by atoms with Crippen LogP contribution in [0.2, 0.25) is 0 Å². The second-order valence-electron chi connectivity index (χ2n) is 7.23. The molecule has 0 aliphatic carbocycles. The van der Waals surface area contributed by atoms with Crippen LogP contribution in [0.4, 0.5) is 11.4 Å². The second-order valence-corrected chi connectivity index (χ2v) is 7.23. The molecule has 2 aliphatic heterocycles. The molecule has 0 atom stereocenters. The van der Waals surface area contributed by atoms with Gasteiger partial charge < -0.3 is 16.0 Å². The Morgan fingerprint density at radius 3 is 2.60 bits per heavy atom. The molecular weight excluding hydrogens is 308 g/mol. The van der Waals surface area contributed by atoms with Crippen LogP contribution in [-0.4, -0.2) is 24.5 Å². The monoisotopic (exact) mass is 334 g/mol. The Hall–Kier alpha value is -2.33. The summed E-state index contributed by atoms with van der Waals surface area (Å²) in [6.45, 7) is 7.13. The first-order valence-corrected chi connectivity index (χ1v) is 9.13. The fourth-order valence-electron chi connectivity index (χ4n) is 3.93. The highest BCUT2D eigenvalue weighted by Crippen LogP contribution is 2.39. The standard InChI is InChI=1S/C21H26N4/c1-15-12-16(2)19-18(13-15)24-20(21(25-19)8-10-22-11-9-21)23-14-17-6-4-3-5-7-17/h3-7,12-13,22,25H,8-11,14H2,1-2H3,(H,23,24). The third kappa shape index (κ3) is 3.14. The van der Waals surface area contributed by atoms with Crippen LogP contribution in [0.5, 0.6) is 0 Å². The lowest BCUT2D eigenvalue weighted by Crippen LogP contribution is -2.58. The zero-order chi connectivity index (χ0) is 17.3. The maximum atomic E-state index is 5.07. The molecule has 2 aromatic carbocycles. The molecule has 1 saturated heterocycles. The summed E-state index contributed by atoms with van der Waals surface area (Å²) in [6, 6.07) is 14.9. The first-order valence-electron chi connectivity index (χ1n) is 9.13. The van der Waals surface area contributed by atoms with Crippen LogP contribution in [0.3, 0.4) is 0 Å². The second kappa shape index (κ2) is 6.52. The summed E-state index contributed by atoms with van der Waals surface area (Å²) in [5, 5.41) is 11.0. The number of nitrogens with zero attached hydrogens (tertiary/aromatic N) is 1. The quantitative estimate of drug-likeness (QED) is 0.785. The van der Waals surface area contributed by atoms with Crippen LogP contribution in [0.1, 0.15) is 29.5 Å². The Morgan fingerprint density at radius 1 is 1.08 bits per heavy atom. The van der Waals surface area contributed by atoms with Crippen molar-refractivity contribution in [3.63, 3.8) is 0 Å². The molecule has 2 aromatic rings. The molecule has 25 heavy (non-hydrogen) atoms. The highest BCUT2D eigenvalue weighted by molar-refractivity contribution is 6.01. The van der Waals surface area contributed by atoms with Crippen molar-refractivity contribution in [3.05, 3.63) is 59.2 Å². The summed E-state index contributed by atoms with van der Waals surface area (Å²) >= 11 is 0. The molecule has 130 valence electrons. The molecule has 4 nitrogen and oxygen atoms in total. The minimum absolute atomic E-state index is 0.0902. The van der Waals surface area contributed by atoms with Crippen molar-refractivity contribution in [1.29, 1.82) is 0 Å². The van der Waals surface area contributed by atoms with Gasteiger partial charge in [-0.15, -0.1) is 0 Å². The average molecular weight is 334 g/mol. The maximum Gasteiger partial charge on any atom is 0.128 e. The lowest BCUT2D eigenvalue weighted by molar-refractivity contribution is 0.412. The van der Waals surface area contributed by atoms with E-state index in [9.17, 15) is 0 Å². The van der Waals surface area contributed by atoms with Gasteiger partial charge in [-0.3, -0.25) is 0 Å². The first-order chi connectivity index (χ1) is 12.2. The van der Waals surface area contributed by atoms with Gasteiger partial charge in [-0.2, -0.15) is 0 Å². The van der Waals surface area contributed by atoms with Gasteiger partial charge in [0.2, 0.25) is 0 Å². The predicted octanol–water partition coefficient (Wildman–Crippen LogP) is 3.67. The van der Waals surface area contributed by atoms with Crippen molar-refractivity contribution < 1.29 is 0 Å². The zero-order valence-corrected chi connectivity index (χ0v) is 15.0. The third-order valence-electron chi connectivity index (χ3n) is 5.27. The van der Waals surface area contributed by atoms with E-state index in [4.69, 9.17) is 4.99 Å². The number of hydrogen-bond donors (Lipinski definition) is 3. The highest BCUT2D eigenvalue weighted by Gasteiger charge is 2.40. The SMILES string of the molecule is Cc1cc(C)c2c(c1)N=C(NCc1ccccc1)C1(CCNCC1)N2. The zero-order valence-electron chi connectivity index (χ0n) is 15.0. The summed E-state index contributed by atoms with van der Waals surface area (Å²) < 4.78 is 0. The molecule has 4 heteroatoms. The summed E-state index contributed by atoms with van der Waals surface area (Å²) in [5.41, 5.74) is 5.97. The smallest absolute Gasteiger partial charge is 0.128 e. The number of nitrogens with one attached hydrogen (secondary N) is 3. The molecule has 1 fully saturated rings. The van der Waals surface area contributed by atoms with Crippen LogP contribution >= 0.6 is 0 Å². The lowest BCUT2D eigenvalue weighted by atomic mass is 9.84. The Balaban J connectivity index is 1.69. The Labute approximate surface area is 149 Å². The topological polar surface area (TPSA) is 48.5 Å². The van der Waals surface area contributed by atoms with Gasteiger partial charge in [-0.05, 0) is 62.5 Å². The van der Waals surface area contributed by atoms with Crippen molar-refractivity contribution >= 4 is 17.2 Å². The number of aryl methyl sites for hydroxylation is 2. The van der Waals surface area contributed by atoms with Crippen molar-refractivity contribution in [3.8, 4) is 0 Å². The van der Waals surface area contributed by atoms with E-state index in [-0.39, 0.29) is 5.54 Å². The van der Waals surface area contributed by atoms with Crippen LogP contribution in [0.15, 0.2) is 47.5 Å². The van der Waals surface area contributed by atoms with Gasteiger partial charge in [-0.25, -0.2) is 4.99 Å². The predicted molar refractivity (Wildman–Crippen MR) is 105 cm³/mol. The van der Waals surface area contributed by atoms with Crippen molar-refractivity contribution in [1.82, 2.24) is 10.6 Å². The number of fused-ring (bicyclic) bond motifs is 1. The van der Waals surface area contributed by atoms with E-state index < -0.39 is 0 Å². The van der Waals surface area contributed by atoms with Crippen LogP contribution < -0.4 is 16.0 Å². The summed E-state index contributed by atoms with van der Waals surface area (Å²) in [6.07, 6.45) is 2.08. The van der Waals surface area contributed by atoms with Crippen LogP contribution in [0, 0.1) is 13.8 Å². The fourth-order valence-corrected chi connectivity index (χ4v) is 3.93. The van der Waals surface area contributed by atoms with Gasteiger partial charge in [0.05, 0.1) is 16.9 Å². The third-order valence-corrected chi connectivity index (χ3v) is 5.27. The number of hydrogen-bond acceptors (Lipinski definition) is 4. The van der Waals surface area contributed by atoms with Gasteiger partial charge in [0.25, 0.3) is 0 Å². The van der Waals surface area contributed by atoms with Gasteiger partial charge in [-0.1, -0.05) is 36.4 Å². The molecular formula is C21H26N4. The Kier molecular flexibility index (Phi) is 4.22. The molecule has 3 N–H and O–H groups in total. The van der Waals surface area contributed by atoms with Gasteiger partial charge in [0, 0.05) is 6.54 Å². The molecule has 2 aliphatic rings. The highest BCUT2D eigenvalue weighted by atomic mass is 15.2. The largest absolute Gasteiger partial charge is 0.371 e. The van der Waals surface area contributed by atoms with Gasteiger partial charge in [0.1, 0.15) is 5.84 Å². The van der Waals surface area contributed by atoms with Crippen LogP contribution in [0.25, 0.3) is 0 Å². The number of anilines is 1. The van der Waals surface area contributed by atoms with E-state index in [2.05, 4.69) is 72.3 Å². The van der Waals surface area contributed by atoms with Gasteiger partial charge >= 0.3 is 0 Å². The molecule has 4 rings (SSSR count). The number of rotatable bonds is 2. The average Bonchev–Trinajstić information content (AvgIpc) is 2.62. The van der Waals surface area contributed by atoms with Crippen molar-refractivity contribution in [2.24, 2.45) is 4.99 Å². The fraction of sp³-hybridized carbons (Fsp3) is 0.381. The van der Waals surface area contributed by atoms with E-state index >= 15 is 0 Å². The maximum absolute atomic E-state index is 5.07. The van der Waals surface area contributed by atoms with Crippen molar-refractivity contribution in [2.45, 2.75) is 38.8 Å². The van der Waals surface area contributed by atoms with E-state index in [1.165, 1.54) is 22.4 Å². The molecule has 0 unspecified atom stereocenters. The Morgan fingerprint density at radius 2 is 1.84 bits per heavy atom. The molecule has 0 amide bonds. The van der Waals surface area contributed by atoms with Gasteiger partial charge in [0.15, 0.2) is 0 Å². The lowest BCUT2D eigenvalue weighted by Gasteiger charge is -2.43.